The number of halogens is 2. The molecule has 0 saturated heterocycles. The molecule has 0 aliphatic rings. The lowest BCUT2D eigenvalue weighted by atomic mass is 10.3. The van der Waals surface area contributed by atoms with Crippen molar-refractivity contribution in [3.05, 3.63) is 84.3 Å². The molecule has 0 radical (unpaired) electrons. The summed E-state index contributed by atoms with van der Waals surface area (Å²) in [7, 11) is 0. The predicted molar refractivity (Wildman–Crippen MR) is 105 cm³/mol. The van der Waals surface area contributed by atoms with Crippen molar-refractivity contribution in [1.82, 2.24) is 14.5 Å². The lowest BCUT2D eigenvalue weighted by Crippen LogP contribution is -2.11. The summed E-state index contributed by atoms with van der Waals surface area (Å²) in [6.07, 6.45) is 1.58. The summed E-state index contributed by atoms with van der Waals surface area (Å²) in [5.41, 5.74) is 0.969. The number of rotatable bonds is 6. The van der Waals surface area contributed by atoms with Gasteiger partial charge in [0.15, 0.2) is 5.82 Å². The van der Waals surface area contributed by atoms with Crippen LogP contribution in [-0.2, 0) is 11.3 Å². The number of carbonyl (C=O) groups excluding carboxylic acids is 1. The highest BCUT2D eigenvalue weighted by atomic mass is 32.2. The summed E-state index contributed by atoms with van der Waals surface area (Å²) < 4.78 is 33.1. The average Bonchev–Trinajstić information content (AvgIpc) is 3.12. The van der Waals surface area contributed by atoms with Crippen LogP contribution in [0.3, 0.4) is 0 Å². The molecule has 0 aliphatic carbocycles. The highest BCUT2D eigenvalue weighted by Crippen LogP contribution is 2.29. The van der Waals surface area contributed by atoms with Gasteiger partial charge in [-0.1, -0.05) is 42.1 Å². The van der Waals surface area contributed by atoms with Crippen LogP contribution in [0.4, 0.5) is 8.78 Å². The normalized spacial score (nSPS) is 11.1. The second kappa shape index (κ2) is 8.40. The fraction of sp³-hybridized carbons (Fsp3) is 0.0952. The van der Waals surface area contributed by atoms with Crippen LogP contribution in [0, 0.1) is 0 Å². The lowest BCUT2D eigenvalue weighted by Gasteiger charge is -2.10. The van der Waals surface area contributed by atoms with Gasteiger partial charge in [0, 0.05) is 11.1 Å². The Morgan fingerprint density at radius 2 is 1.79 bits per heavy atom. The molecule has 5 nitrogen and oxygen atoms in total. The van der Waals surface area contributed by atoms with E-state index >= 15 is 0 Å². The number of carbonyl (C=O) groups is 1. The molecule has 146 valence electrons. The molecule has 0 spiro atoms. The maximum atomic E-state index is 13.5. The van der Waals surface area contributed by atoms with Gasteiger partial charge in [0.05, 0.1) is 16.6 Å². The van der Waals surface area contributed by atoms with Crippen molar-refractivity contribution in [2.24, 2.45) is 0 Å². The molecule has 2 aromatic carbocycles. The minimum atomic E-state index is -2.79. The monoisotopic (exact) mass is 411 g/mol. The van der Waals surface area contributed by atoms with Gasteiger partial charge in [-0.2, -0.15) is 8.78 Å². The number of fused-ring (bicyclic) bond motifs is 1. The first-order valence-corrected chi connectivity index (χ1v) is 9.54. The fourth-order valence-corrected chi connectivity index (χ4v) is 3.74. The Labute approximate surface area is 169 Å². The summed E-state index contributed by atoms with van der Waals surface area (Å²) in [6, 6.07) is 19.2. The van der Waals surface area contributed by atoms with Crippen molar-refractivity contribution in [2.45, 2.75) is 23.1 Å². The van der Waals surface area contributed by atoms with E-state index in [9.17, 15) is 13.6 Å². The van der Waals surface area contributed by atoms with Gasteiger partial charge in [0.2, 0.25) is 0 Å². The van der Waals surface area contributed by atoms with Crippen LogP contribution < -0.4 is 0 Å². The van der Waals surface area contributed by atoms with E-state index in [1.54, 1.807) is 42.6 Å². The lowest BCUT2D eigenvalue weighted by molar-refractivity contribution is 0.0383. The van der Waals surface area contributed by atoms with Crippen LogP contribution in [0.5, 0.6) is 0 Å². The zero-order chi connectivity index (χ0) is 20.2. The highest BCUT2D eigenvalue weighted by Gasteiger charge is 2.20. The smallest absolute Gasteiger partial charge is 0.341 e. The number of imidazole rings is 1. The molecule has 0 unspecified atom stereocenters. The molecular formula is C21H15F2N3O2S. The number of nitrogens with zero attached hydrogens (tertiary/aromatic N) is 3. The molecule has 2 heterocycles. The molecule has 8 heteroatoms. The van der Waals surface area contributed by atoms with Crippen molar-refractivity contribution in [2.75, 3.05) is 0 Å². The first kappa shape index (κ1) is 19.1. The Morgan fingerprint density at radius 1 is 1.03 bits per heavy atom. The highest BCUT2D eigenvalue weighted by molar-refractivity contribution is 7.99. The van der Waals surface area contributed by atoms with Crippen LogP contribution in [0.2, 0.25) is 0 Å². The molecule has 0 N–H and O–H groups in total. The Bertz CT molecular complexity index is 1150. The molecule has 4 rings (SSSR count). The Kier molecular flexibility index (Phi) is 5.53. The van der Waals surface area contributed by atoms with Gasteiger partial charge in [-0.05, 0) is 36.4 Å². The standard InChI is InChI=1S/C21H15F2N3O2S/c22-21(23)26-17-11-5-4-10-16(17)25-18(26)13-28-20(27)15-9-6-12-24-19(15)29-14-7-2-1-3-8-14/h1-12,21H,13H2. The third-order valence-corrected chi connectivity index (χ3v) is 5.17. The molecule has 0 bridgehead atoms. The maximum absolute atomic E-state index is 13.5. The number of para-hydroxylation sites is 2. The van der Waals surface area contributed by atoms with E-state index in [1.807, 2.05) is 30.3 Å². The number of ether oxygens (including phenoxy) is 1. The molecule has 0 atom stereocenters. The predicted octanol–water partition coefficient (Wildman–Crippen LogP) is 5.33. The second-order valence-corrected chi connectivity index (χ2v) is 7.07. The molecule has 2 aromatic heterocycles. The number of aromatic nitrogens is 3. The minimum Gasteiger partial charge on any atom is -0.454 e. The van der Waals surface area contributed by atoms with Gasteiger partial charge in [-0.25, -0.2) is 14.8 Å². The summed E-state index contributed by atoms with van der Waals surface area (Å²) in [6.45, 7) is -3.17. The zero-order valence-corrected chi connectivity index (χ0v) is 15.9. The van der Waals surface area contributed by atoms with Crippen LogP contribution in [0.15, 0.2) is 82.8 Å². The molecule has 0 fully saturated rings. The van der Waals surface area contributed by atoms with Crippen LogP contribution in [-0.4, -0.2) is 20.5 Å². The average molecular weight is 411 g/mol. The summed E-state index contributed by atoms with van der Waals surface area (Å²) in [5, 5.41) is 0.478. The number of benzene rings is 2. The van der Waals surface area contributed by atoms with E-state index in [0.717, 1.165) is 9.46 Å². The molecular weight excluding hydrogens is 396 g/mol. The number of alkyl halides is 2. The number of pyridine rings is 1. The maximum Gasteiger partial charge on any atom is 0.341 e. The molecule has 0 amide bonds. The topological polar surface area (TPSA) is 57.0 Å². The molecule has 29 heavy (non-hydrogen) atoms. The SMILES string of the molecule is O=C(OCc1nc2ccccc2n1C(F)F)c1cccnc1Sc1ccccc1. The molecule has 4 aromatic rings. The zero-order valence-electron chi connectivity index (χ0n) is 15.0. The number of hydrogen-bond acceptors (Lipinski definition) is 5. The number of hydrogen-bond donors (Lipinski definition) is 0. The van der Waals surface area contributed by atoms with E-state index in [-0.39, 0.29) is 23.5 Å². The Morgan fingerprint density at radius 3 is 2.59 bits per heavy atom. The minimum absolute atomic E-state index is 0.0179. The van der Waals surface area contributed by atoms with E-state index in [2.05, 4.69) is 9.97 Å². The van der Waals surface area contributed by atoms with Crippen molar-refractivity contribution >= 4 is 28.8 Å². The molecule has 0 aliphatic heterocycles. The van der Waals surface area contributed by atoms with E-state index in [1.165, 1.54) is 11.8 Å². The summed E-state index contributed by atoms with van der Waals surface area (Å²) in [4.78, 5) is 22.0. The van der Waals surface area contributed by atoms with Gasteiger partial charge in [0.25, 0.3) is 0 Å². The molecule has 0 saturated carbocycles. The van der Waals surface area contributed by atoms with Crippen molar-refractivity contribution in [3.8, 4) is 0 Å². The Hall–Kier alpha value is -3.26. The van der Waals surface area contributed by atoms with Crippen molar-refractivity contribution in [3.63, 3.8) is 0 Å². The third kappa shape index (κ3) is 4.12. The summed E-state index contributed by atoms with van der Waals surface area (Å²) >= 11 is 1.32. The van der Waals surface area contributed by atoms with Crippen LogP contribution in [0.25, 0.3) is 11.0 Å². The van der Waals surface area contributed by atoms with Gasteiger partial charge >= 0.3 is 12.5 Å². The first-order chi connectivity index (χ1) is 14.1. The van der Waals surface area contributed by atoms with Crippen LogP contribution >= 0.6 is 11.8 Å². The number of esters is 1. The third-order valence-electron chi connectivity index (χ3n) is 4.15. The van der Waals surface area contributed by atoms with E-state index in [0.29, 0.717) is 10.5 Å². The van der Waals surface area contributed by atoms with Gasteiger partial charge in [0.1, 0.15) is 11.6 Å². The largest absolute Gasteiger partial charge is 0.454 e. The second-order valence-electron chi connectivity index (χ2n) is 6.01. The van der Waals surface area contributed by atoms with Crippen LogP contribution in [0.1, 0.15) is 22.7 Å². The van der Waals surface area contributed by atoms with Gasteiger partial charge < -0.3 is 4.74 Å². The Balaban J connectivity index is 1.56. The van der Waals surface area contributed by atoms with Gasteiger partial charge in [-0.3, -0.25) is 4.57 Å². The van der Waals surface area contributed by atoms with Crippen molar-refractivity contribution < 1.29 is 18.3 Å². The first-order valence-electron chi connectivity index (χ1n) is 8.72. The summed E-state index contributed by atoms with van der Waals surface area (Å²) in [5.74, 6) is -0.667. The van der Waals surface area contributed by atoms with Crippen molar-refractivity contribution in [1.29, 1.82) is 0 Å². The van der Waals surface area contributed by atoms with E-state index in [4.69, 9.17) is 4.74 Å². The fourth-order valence-electron chi connectivity index (χ4n) is 2.85. The van der Waals surface area contributed by atoms with E-state index < -0.39 is 12.5 Å². The van der Waals surface area contributed by atoms with Gasteiger partial charge in [-0.15, -0.1) is 0 Å². The quantitative estimate of drug-likeness (QED) is 0.401.